The van der Waals surface area contributed by atoms with Crippen molar-refractivity contribution in [2.24, 2.45) is 5.73 Å². The molecule has 0 radical (unpaired) electrons. The number of carbonyl (C=O) groups excluding carboxylic acids is 1. The van der Waals surface area contributed by atoms with Crippen molar-refractivity contribution >= 4 is 5.91 Å². The average Bonchev–Trinajstić information content (AvgIpc) is 2.83. The Morgan fingerprint density at radius 2 is 2.17 bits per heavy atom. The highest BCUT2D eigenvalue weighted by Crippen LogP contribution is 2.01. The number of unbranched alkanes of at least 4 members (excludes halogenated alkanes) is 3. The second-order valence-electron chi connectivity index (χ2n) is 4.09. The summed E-state index contributed by atoms with van der Waals surface area (Å²) in [6, 6.07) is 0. The first-order valence-electron chi connectivity index (χ1n) is 6.23. The molecule has 102 valence electrons. The van der Waals surface area contributed by atoms with Crippen LogP contribution in [0.2, 0.25) is 0 Å². The number of nitrogens with one attached hydrogen (secondary N) is 1. The van der Waals surface area contributed by atoms with E-state index in [0.29, 0.717) is 6.54 Å². The molecule has 1 rings (SSSR count). The van der Waals surface area contributed by atoms with Crippen molar-refractivity contribution in [2.45, 2.75) is 38.8 Å². The molecular formula is C11H21N5O2. The molecule has 18 heavy (non-hydrogen) atoms. The van der Waals surface area contributed by atoms with Crippen LogP contribution in [0.1, 0.15) is 31.4 Å². The standard InChI is InChI=1S/C11H21N5O2/c12-7-11(18)13-8-10-9-16(15-14-10)5-3-1-2-4-6-17/h9,17H,1-8,12H2,(H,13,18). The first kappa shape index (κ1) is 14.6. The number of aliphatic hydroxyl groups excluding tert-OH is 1. The van der Waals surface area contributed by atoms with E-state index in [0.717, 1.165) is 37.9 Å². The average molecular weight is 255 g/mol. The second-order valence-corrected chi connectivity index (χ2v) is 4.09. The Hall–Kier alpha value is -1.47. The van der Waals surface area contributed by atoms with Gasteiger partial charge in [0.2, 0.25) is 5.91 Å². The predicted molar refractivity (Wildman–Crippen MR) is 66.5 cm³/mol. The van der Waals surface area contributed by atoms with E-state index in [2.05, 4.69) is 15.6 Å². The number of nitrogens with two attached hydrogens (primary N) is 1. The highest BCUT2D eigenvalue weighted by Gasteiger charge is 2.02. The first-order valence-corrected chi connectivity index (χ1v) is 6.23. The van der Waals surface area contributed by atoms with Crippen molar-refractivity contribution in [1.29, 1.82) is 0 Å². The number of amides is 1. The molecule has 1 aromatic rings. The van der Waals surface area contributed by atoms with Crippen molar-refractivity contribution in [2.75, 3.05) is 13.2 Å². The fraction of sp³-hybridized carbons (Fsp3) is 0.727. The maximum Gasteiger partial charge on any atom is 0.234 e. The van der Waals surface area contributed by atoms with Crippen LogP contribution in [-0.2, 0) is 17.9 Å². The van der Waals surface area contributed by atoms with Gasteiger partial charge in [0.1, 0.15) is 5.69 Å². The van der Waals surface area contributed by atoms with Gasteiger partial charge in [0, 0.05) is 13.2 Å². The van der Waals surface area contributed by atoms with E-state index >= 15 is 0 Å². The van der Waals surface area contributed by atoms with Crippen LogP contribution in [-0.4, -0.2) is 39.2 Å². The number of hydrogen-bond donors (Lipinski definition) is 3. The molecule has 0 unspecified atom stereocenters. The van der Waals surface area contributed by atoms with Gasteiger partial charge in [0.15, 0.2) is 0 Å². The van der Waals surface area contributed by atoms with E-state index in [1.807, 2.05) is 6.20 Å². The van der Waals surface area contributed by atoms with E-state index in [4.69, 9.17) is 10.8 Å². The van der Waals surface area contributed by atoms with Crippen LogP contribution in [0.3, 0.4) is 0 Å². The molecule has 0 aliphatic carbocycles. The molecule has 0 aliphatic rings. The smallest absolute Gasteiger partial charge is 0.234 e. The fourth-order valence-electron chi connectivity index (χ4n) is 1.53. The quantitative estimate of drug-likeness (QED) is 0.511. The van der Waals surface area contributed by atoms with Crippen molar-refractivity contribution in [1.82, 2.24) is 20.3 Å². The van der Waals surface area contributed by atoms with Gasteiger partial charge in [-0.3, -0.25) is 9.48 Å². The minimum atomic E-state index is -0.200. The van der Waals surface area contributed by atoms with Gasteiger partial charge in [-0.1, -0.05) is 18.1 Å². The third-order valence-electron chi connectivity index (χ3n) is 2.53. The van der Waals surface area contributed by atoms with Crippen LogP contribution in [0, 0.1) is 0 Å². The zero-order valence-electron chi connectivity index (χ0n) is 10.5. The van der Waals surface area contributed by atoms with Crippen LogP contribution in [0.5, 0.6) is 0 Å². The number of aliphatic hydroxyl groups is 1. The van der Waals surface area contributed by atoms with Crippen LogP contribution in [0.15, 0.2) is 6.20 Å². The van der Waals surface area contributed by atoms with E-state index in [1.54, 1.807) is 4.68 Å². The molecule has 0 aromatic carbocycles. The zero-order valence-corrected chi connectivity index (χ0v) is 10.5. The lowest BCUT2D eigenvalue weighted by Crippen LogP contribution is -2.29. The number of carbonyl (C=O) groups is 1. The first-order chi connectivity index (χ1) is 8.76. The molecule has 1 amide bonds. The van der Waals surface area contributed by atoms with Crippen LogP contribution < -0.4 is 11.1 Å². The summed E-state index contributed by atoms with van der Waals surface area (Å²) in [6.07, 6.45) is 5.79. The summed E-state index contributed by atoms with van der Waals surface area (Å²) >= 11 is 0. The van der Waals surface area contributed by atoms with Crippen molar-refractivity contribution in [3.8, 4) is 0 Å². The molecule has 4 N–H and O–H groups in total. The Bertz CT molecular complexity index is 353. The van der Waals surface area contributed by atoms with Crippen LogP contribution in [0.4, 0.5) is 0 Å². The Kier molecular flexibility index (Phi) is 6.97. The minimum absolute atomic E-state index is 0.0149. The Morgan fingerprint density at radius 3 is 2.89 bits per heavy atom. The molecule has 0 atom stereocenters. The molecule has 0 spiro atoms. The number of aryl methyl sites for hydroxylation is 1. The van der Waals surface area contributed by atoms with E-state index in [-0.39, 0.29) is 19.1 Å². The zero-order chi connectivity index (χ0) is 13.2. The maximum absolute atomic E-state index is 11.0. The number of hydrogen-bond acceptors (Lipinski definition) is 5. The van der Waals surface area contributed by atoms with Crippen LogP contribution in [0.25, 0.3) is 0 Å². The fourth-order valence-corrected chi connectivity index (χ4v) is 1.53. The molecule has 0 saturated heterocycles. The van der Waals surface area contributed by atoms with Gasteiger partial charge in [-0.15, -0.1) is 5.10 Å². The Morgan fingerprint density at radius 1 is 1.39 bits per heavy atom. The Labute approximate surface area is 106 Å². The van der Waals surface area contributed by atoms with Gasteiger partial charge in [0.25, 0.3) is 0 Å². The van der Waals surface area contributed by atoms with Crippen molar-refractivity contribution in [3.63, 3.8) is 0 Å². The van der Waals surface area contributed by atoms with E-state index in [9.17, 15) is 4.79 Å². The monoisotopic (exact) mass is 255 g/mol. The SMILES string of the molecule is NCC(=O)NCc1cn(CCCCCCO)nn1. The predicted octanol–water partition coefficient (Wildman–Crippen LogP) is -0.594. The molecular weight excluding hydrogens is 234 g/mol. The van der Waals surface area contributed by atoms with Gasteiger partial charge >= 0.3 is 0 Å². The van der Waals surface area contributed by atoms with E-state index < -0.39 is 0 Å². The molecule has 0 saturated carbocycles. The van der Waals surface area contributed by atoms with Gasteiger partial charge < -0.3 is 16.2 Å². The summed E-state index contributed by atoms with van der Waals surface area (Å²) in [6.45, 7) is 1.41. The summed E-state index contributed by atoms with van der Waals surface area (Å²) in [7, 11) is 0. The van der Waals surface area contributed by atoms with Crippen molar-refractivity contribution in [3.05, 3.63) is 11.9 Å². The molecule has 7 nitrogen and oxygen atoms in total. The van der Waals surface area contributed by atoms with E-state index in [1.165, 1.54) is 0 Å². The second kappa shape index (κ2) is 8.60. The third kappa shape index (κ3) is 5.74. The largest absolute Gasteiger partial charge is 0.396 e. The Balaban J connectivity index is 2.19. The maximum atomic E-state index is 11.0. The van der Waals surface area contributed by atoms with Gasteiger partial charge in [-0.2, -0.15) is 0 Å². The lowest BCUT2D eigenvalue weighted by Gasteiger charge is -2.00. The topological polar surface area (TPSA) is 106 Å². The molecule has 0 aliphatic heterocycles. The molecule has 7 heteroatoms. The summed E-state index contributed by atoms with van der Waals surface area (Å²) in [4.78, 5) is 11.0. The summed E-state index contributed by atoms with van der Waals surface area (Å²) in [5.41, 5.74) is 5.90. The number of aromatic nitrogens is 3. The highest BCUT2D eigenvalue weighted by molar-refractivity contribution is 5.77. The van der Waals surface area contributed by atoms with Gasteiger partial charge in [-0.05, 0) is 12.8 Å². The van der Waals surface area contributed by atoms with Gasteiger partial charge in [0.05, 0.1) is 19.3 Å². The third-order valence-corrected chi connectivity index (χ3v) is 2.53. The number of rotatable bonds is 9. The number of nitrogens with zero attached hydrogens (tertiary/aromatic N) is 3. The molecule has 1 aromatic heterocycles. The molecule has 1 heterocycles. The lowest BCUT2D eigenvalue weighted by molar-refractivity contribution is -0.119. The molecule has 0 fully saturated rings. The summed E-state index contributed by atoms with van der Waals surface area (Å²) in [5.74, 6) is -0.200. The minimum Gasteiger partial charge on any atom is -0.396 e. The summed E-state index contributed by atoms with van der Waals surface area (Å²) in [5, 5.41) is 19.2. The molecule has 0 bridgehead atoms. The normalized spacial score (nSPS) is 10.6. The summed E-state index contributed by atoms with van der Waals surface area (Å²) < 4.78 is 1.77. The highest BCUT2D eigenvalue weighted by atomic mass is 16.2. The van der Waals surface area contributed by atoms with Crippen molar-refractivity contribution < 1.29 is 9.90 Å². The van der Waals surface area contributed by atoms with Gasteiger partial charge in [-0.25, -0.2) is 0 Å². The van der Waals surface area contributed by atoms with Crippen LogP contribution >= 0.6 is 0 Å². The lowest BCUT2D eigenvalue weighted by atomic mass is 10.2.